The number of piperidine rings is 1. The Labute approximate surface area is 61.8 Å². The molecule has 58 valence electrons. The highest BCUT2D eigenvalue weighted by atomic mass is 16.3. The quantitative estimate of drug-likeness (QED) is 0.525. The molecule has 1 saturated carbocycles. The minimum atomic E-state index is 0.00921. The molecule has 1 N–H and O–H groups in total. The molecule has 2 rings (SSSR count). The Bertz CT molecular complexity index is 132. The van der Waals surface area contributed by atoms with Gasteiger partial charge in [-0.1, -0.05) is 0 Å². The summed E-state index contributed by atoms with van der Waals surface area (Å²) in [6.07, 6.45) is 2.33. The molecule has 2 heteroatoms. The van der Waals surface area contributed by atoms with Gasteiger partial charge in [-0.15, -0.1) is 0 Å². The molecule has 0 aromatic carbocycles. The van der Waals surface area contributed by atoms with Gasteiger partial charge in [0.1, 0.15) is 0 Å². The standard InChI is InChI=1S/C8H15NO/c1-9-4-6-2-7(5-9)8(10)3-6/h6-8,10H,2-5H2,1H3. The lowest BCUT2D eigenvalue weighted by molar-refractivity contribution is 0.112. The van der Waals surface area contributed by atoms with E-state index < -0.39 is 0 Å². The van der Waals surface area contributed by atoms with Crippen LogP contribution in [0.2, 0.25) is 0 Å². The van der Waals surface area contributed by atoms with Crippen LogP contribution in [0.3, 0.4) is 0 Å². The minimum absolute atomic E-state index is 0.00921. The minimum Gasteiger partial charge on any atom is -0.393 e. The number of hydrogen-bond donors (Lipinski definition) is 1. The van der Waals surface area contributed by atoms with Crippen molar-refractivity contribution < 1.29 is 5.11 Å². The fraction of sp³-hybridized carbons (Fsp3) is 1.00. The number of nitrogens with zero attached hydrogens (tertiary/aromatic N) is 1. The molecule has 3 unspecified atom stereocenters. The Morgan fingerprint density at radius 3 is 2.80 bits per heavy atom. The van der Waals surface area contributed by atoms with E-state index in [4.69, 9.17) is 0 Å². The summed E-state index contributed by atoms with van der Waals surface area (Å²) in [5, 5.41) is 9.49. The number of hydrogen-bond acceptors (Lipinski definition) is 2. The van der Waals surface area contributed by atoms with Gasteiger partial charge in [-0.3, -0.25) is 0 Å². The van der Waals surface area contributed by atoms with Crippen molar-refractivity contribution >= 4 is 0 Å². The van der Waals surface area contributed by atoms with Crippen molar-refractivity contribution in [2.75, 3.05) is 20.1 Å². The highest BCUT2D eigenvalue weighted by Gasteiger charge is 2.37. The summed E-state index contributed by atoms with van der Waals surface area (Å²) in [5.41, 5.74) is 0. The summed E-state index contributed by atoms with van der Waals surface area (Å²) in [5.74, 6) is 1.38. The summed E-state index contributed by atoms with van der Waals surface area (Å²) in [6, 6.07) is 0. The average Bonchev–Trinajstić information content (AvgIpc) is 2.07. The summed E-state index contributed by atoms with van der Waals surface area (Å²) in [7, 11) is 2.15. The van der Waals surface area contributed by atoms with Crippen LogP contribution in [0.25, 0.3) is 0 Å². The van der Waals surface area contributed by atoms with Crippen LogP contribution < -0.4 is 0 Å². The zero-order chi connectivity index (χ0) is 7.14. The molecule has 10 heavy (non-hydrogen) atoms. The predicted molar refractivity (Wildman–Crippen MR) is 39.7 cm³/mol. The Balaban J connectivity index is 2.06. The largest absolute Gasteiger partial charge is 0.393 e. The van der Waals surface area contributed by atoms with Gasteiger partial charge in [0.25, 0.3) is 0 Å². The van der Waals surface area contributed by atoms with Crippen LogP contribution in [0.1, 0.15) is 12.8 Å². The number of aliphatic hydroxyl groups excluding tert-OH is 1. The maximum Gasteiger partial charge on any atom is 0.0583 e. The predicted octanol–water partition coefficient (Wildman–Crippen LogP) is 0.319. The molecule has 0 aromatic heterocycles. The molecule has 2 nitrogen and oxygen atoms in total. The van der Waals surface area contributed by atoms with E-state index >= 15 is 0 Å². The second-order valence-corrected chi connectivity index (χ2v) is 3.89. The lowest BCUT2D eigenvalue weighted by Gasteiger charge is -2.28. The molecule has 1 saturated heterocycles. The van der Waals surface area contributed by atoms with Crippen LogP contribution in [0, 0.1) is 11.8 Å². The number of rotatable bonds is 0. The van der Waals surface area contributed by atoms with Gasteiger partial charge in [0.2, 0.25) is 0 Å². The van der Waals surface area contributed by atoms with Gasteiger partial charge in [0.15, 0.2) is 0 Å². The molecular formula is C8H15NO. The first kappa shape index (κ1) is 6.62. The van der Waals surface area contributed by atoms with Crippen molar-refractivity contribution in [2.24, 2.45) is 11.8 Å². The molecule has 0 amide bonds. The molecule has 0 aromatic rings. The van der Waals surface area contributed by atoms with E-state index in [1.165, 1.54) is 13.0 Å². The number of likely N-dealkylation sites (tertiary alicyclic amines) is 1. The molecule has 0 radical (unpaired) electrons. The van der Waals surface area contributed by atoms with Gasteiger partial charge in [-0.05, 0) is 31.7 Å². The monoisotopic (exact) mass is 141 g/mol. The van der Waals surface area contributed by atoms with Crippen molar-refractivity contribution in [3.8, 4) is 0 Å². The molecular weight excluding hydrogens is 126 g/mol. The smallest absolute Gasteiger partial charge is 0.0583 e. The molecule has 2 fully saturated rings. The third kappa shape index (κ3) is 0.956. The fourth-order valence-corrected chi connectivity index (χ4v) is 2.48. The van der Waals surface area contributed by atoms with Crippen molar-refractivity contribution in [3.63, 3.8) is 0 Å². The summed E-state index contributed by atoms with van der Waals surface area (Å²) in [4.78, 5) is 2.34. The Morgan fingerprint density at radius 2 is 2.10 bits per heavy atom. The zero-order valence-electron chi connectivity index (χ0n) is 6.45. The number of aliphatic hydroxyl groups is 1. The Morgan fingerprint density at radius 1 is 1.30 bits per heavy atom. The van der Waals surface area contributed by atoms with Crippen LogP contribution in [0.4, 0.5) is 0 Å². The lowest BCUT2D eigenvalue weighted by atomic mass is 9.99. The van der Waals surface area contributed by atoms with E-state index in [9.17, 15) is 5.11 Å². The highest BCUT2D eigenvalue weighted by Crippen LogP contribution is 2.35. The van der Waals surface area contributed by atoms with Crippen LogP contribution in [-0.4, -0.2) is 36.2 Å². The zero-order valence-corrected chi connectivity index (χ0v) is 6.45. The van der Waals surface area contributed by atoms with E-state index in [1.54, 1.807) is 0 Å². The topological polar surface area (TPSA) is 23.5 Å². The number of fused-ring (bicyclic) bond motifs is 2. The third-order valence-electron chi connectivity index (χ3n) is 2.87. The Hall–Kier alpha value is -0.0800. The van der Waals surface area contributed by atoms with E-state index in [0.717, 1.165) is 18.9 Å². The van der Waals surface area contributed by atoms with Gasteiger partial charge in [0, 0.05) is 13.1 Å². The van der Waals surface area contributed by atoms with Crippen molar-refractivity contribution in [1.82, 2.24) is 4.90 Å². The van der Waals surface area contributed by atoms with Crippen LogP contribution in [0.5, 0.6) is 0 Å². The summed E-state index contributed by atoms with van der Waals surface area (Å²) >= 11 is 0. The van der Waals surface area contributed by atoms with E-state index in [1.807, 2.05) is 0 Å². The van der Waals surface area contributed by atoms with Gasteiger partial charge in [-0.2, -0.15) is 0 Å². The second kappa shape index (κ2) is 2.21. The average molecular weight is 141 g/mol. The fourth-order valence-electron chi connectivity index (χ4n) is 2.48. The van der Waals surface area contributed by atoms with Crippen molar-refractivity contribution in [1.29, 1.82) is 0 Å². The second-order valence-electron chi connectivity index (χ2n) is 3.89. The Kier molecular flexibility index (Phi) is 1.46. The molecule has 1 aliphatic carbocycles. The van der Waals surface area contributed by atoms with Crippen LogP contribution >= 0.6 is 0 Å². The maximum atomic E-state index is 9.49. The van der Waals surface area contributed by atoms with Crippen molar-refractivity contribution in [2.45, 2.75) is 18.9 Å². The van der Waals surface area contributed by atoms with Crippen LogP contribution in [0.15, 0.2) is 0 Å². The molecule has 1 aliphatic heterocycles. The molecule has 2 bridgehead atoms. The third-order valence-corrected chi connectivity index (χ3v) is 2.87. The van der Waals surface area contributed by atoms with E-state index in [0.29, 0.717) is 5.92 Å². The molecule has 0 spiro atoms. The van der Waals surface area contributed by atoms with Gasteiger partial charge in [-0.25, -0.2) is 0 Å². The summed E-state index contributed by atoms with van der Waals surface area (Å²) < 4.78 is 0. The highest BCUT2D eigenvalue weighted by molar-refractivity contribution is 4.90. The lowest BCUT2D eigenvalue weighted by Crippen LogP contribution is -2.34. The molecule has 3 atom stereocenters. The first-order chi connectivity index (χ1) is 4.75. The molecule has 1 heterocycles. The van der Waals surface area contributed by atoms with Crippen molar-refractivity contribution in [3.05, 3.63) is 0 Å². The van der Waals surface area contributed by atoms with Gasteiger partial charge < -0.3 is 10.0 Å². The summed E-state index contributed by atoms with van der Waals surface area (Å²) in [6.45, 7) is 2.31. The first-order valence-electron chi connectivity index (χ1n) is 4.12. The van der Waals surface area contributed by atoms with Gasteiger partial charge >= 0.3 is 0 Å². The SMILES string of the molecule is CN1CC2CC(O)C(C2)C1. The van der Waals surface area contributed by atoms with E-state index in [2.05, 4.69) is 11.9 Å². The van der Waals surface area contributed by atoms with E-state index in [-0.39, 0.29) is 6.10 Å². The molecule has 2 aliphatic rings. The van der Waals surface area contributed by atoms with Crippen LogP contribution in [-0.2, 0) is 0 Å². The first-order valence-corrected chi connectivity index (χ1v) is 4.12. The van der Waals surface area contributed by atoms with Gasteiger partial charge in [0.05, 0.1) is 6.10 Å². The normalized spacial score (nSPS) is 48.0. The maximum absolute atomic E-state index is 9.49.